The molecule has 0 bridgehead atoms. The van der Waals surface area contributed by atoms with Gasteiger partial charge in [0.25, 0.3) is 21.6 Å². The van der Waals surface area contributed by atoms with Gasteiger partial charge in [-0.25, -0.2) is 13.8 Å². The van der Waals surface area contributed by atoms with Crippen LogP contribution in [0.3, 0.4) is 0 Å². The molecule has 0 aliphatic rings. The first-order chi connectivity index (χ1) is 14.2. The second-order valence-electron chi connectivity index (χ2n) is 5.77. The summed E-state index contributed by atoms with van der Waals surface area (Å²) in [5, 5.41) is 14.5. The summed E-state index contributed by atoms with van der Waals surface area (Å²) in [6.07, 6.45) is 1.35. The Hall–Kier alpha value is -3.26. The second kappa shape index (κ2) is 9.04. The number of nitrogens with one attached hydrogen (secondary N) is 2. The van der Waals surface area contributed by atoms with Gasteiger partial charge in [0.2, 0.25) is 0 Å². The first-order valence-electron chi connectivity index (χ1n) is 8.21. The molecule has 0 unspecified atom stereocenters. The number of carbonyl (C=O) groups excluding carboxylic acids is 1. The van der Waals surface area contributed by atoms with Crippen molar-refractivity contribution in [2.45, 2.75) is 4.90 Å². The molecule has 30 heavy (non-hydrogen) atoms. The maximum absolute atomic E-state index is 12.4. The van der Waals surface area contributed by atoms with E-state index in [-0.39, 0.29) is 21.8 Å². The fourth-order valence-electron chi connectivity index (χ4n) is 2.27. The van der Waals surface area contributed by atoms with Crippen molar-refractivity contribution < 1.29 is 22.6 Å². The van der Waals surface area contributed by atoms with Gasteiger partial charge < -0.3 is 4.42 Å². The van der Waals surface area contributed by atoms with Crippen LogP contribution in [0.2, 0.25) is 0 Å². The topological polar surface area (TPSA) is 144 Å². The SMILES string of the molecule is O=C(N/N=C\c1ccc(I)o1)c1ccc(NS(=O)(=O)c2ccc([N+](=O)[O-])cc2)cc1. The summed E-state index contributed by atoms with van der Waals surface area (Å²) in [6.45, 7) is 0. The molecule has 0 fully saturated rings. The molecular formula is C18H13IN4O6S. The van der Waals surface area contributed by atoms with Crippen LogP contribution in [0.1, 0.15) is 16.1 Å². The number of non-ortho nitro benzene ring substituents is 1. The lowest BCUT2D eigenvalue weighted by Gasteiger charge is -2.08. The minimum atomic E-state index is -3.94. The zero-order chi connectivity index (χ0) is 21.7. The molecule has 3 rings (SSSR count). The van der Waals surface area contributed by atoms with Gasteiger partial charge in [0, 0.05) is 23.4 Å². The number of halogens is 1. The lowest BCUT2D eigenvalue weighted by Crippen LogP contribution is -2.18. The third-order valence-corrected chi connectivity index (χ3v) is 5.69. The summed E-state index contributed by atoms with van der Waals surface area (Å²) in [7, 11) is -3.94. The lowest BCUT2D eigenvalue weighted by molar-refractivity contribution is -0.384. The van der Waals surface area contributed by atoms with Gasteiger partial charge in [-0.15, -0.1) is 0 Å². The van der Waals surface area contributed by atoms with Gasteiger partial charge in [-0.2, -0.15) is 5.10 Å². The molecular weight excluding hydrogens is 527 g/mol. The highest BCUT2D eigenvalue weighted by molar-refractivity contribution is 14.1. The van der Waals surface area contributed by atoms with Gasteiger partial charge in [-0.05, 0) is 71.1 Å². The highest BCUT2D eigenvalue weighted by Crippen LogP contribution is 2.19. The summed E-state index contributed by atoms with van der Waals surface area (Å²) < 4.78 is 33.1. The van der Waals surface area contributed by atoms with Crippen molar-refractivity contribution >= 4 is 56.1 Å². The summed E-state index contributed by atoms with van der Waals surface area (Å²) in [5.74, 6) is -0.00650. The van der Waals surface area contributed by atoms with Crippen molar-refractivity contribution in [3.63, 3.8) is 0 Å². The molecule has 0 saturated heterocycles. The molecule has 0 atom stereocenters. The van der Waals surface area contributed by atoms with E-state index >= 15 is 0 Å². The standard InChI is InChI=1S/C18H13IN4O6S/c19-17-10-7-15(29-17)11-20-21-18(24)12-1-3-13(4-2-12)22-30(27,28)16-8-5-14(6-9-16)23(25)26/h1-11,22H,(H,21,24)/b20-11-. The normalized spacial score (nSPS) is 11.4. The minimum absolute atomic E-state index is 0.128. The predicted octanol–water partition coefficient (Wildman–Crippen LogP) is 3.36. The van der Waals surface area contributed by atoms with E-state index in [0.29, 0.717) is 9.53 Å². The van der Waals surface area contributed by atoms with Crippen LogP contribution in [0.15, 0.2) is 75.1 Å². The Morgan fingerprint density at radius 3 is 2.30 bits per heavy atom. The zero-order valence-electron chi connectivity index (χ0n) is 15.0. The van der Waals surface area contributed by atoms with Gasteiger partial charge in [0.15, 0.2) is 3.77 Å². The molecule has 12 heteroatoms. The maximum atomic E-state index is 12.4. The van der Waals surface area contributed by atoms with Crippen LogP contribution in [-0.4, -0.2) is 25.5 Å². The molecule has 0 radical (unpaired) electrons. The number of hydrazone groups is 1. The van der Waals surface area contributed by atoms with Crippen LogP contribution in [0, 0.1) is 13.9 Å². The number of nitro groups is 1. The largest absolute Gasteiger partial charge is 0.449 e. The number of hydrogen-bond acceptors (Lipinski definition) is 7. The Kier molecular flexibility index (Phi) is 6.47. The molecule has 1 heterocycles. The van der Waals surface area contributed by atoms with E-state index in [1.54, 1.807) is 12.1 Å². The fraction of sp³-hybridized carbons (Fsp3) is 0. The quantitative estimate of drug-likeness (QED) is 0.204. The smallest absolute Gasteiger partial charge is 0.271 e. The summed E-state index contributed by atoms with van der Waals surface area (Å²) in [4.78, 5) is 22.0. The molecule has 0 aliphatic heterocycles. The number of amides is 1. The number of furan rings is 1. The Morgan fingerprint density at radius 1 is 1.07 bits per heavy atom. The number of rotatable bonds is 7. The molecule has 154 valence electrons. The molecule has 0 saturated carbocycles. The minimum Gasteiger partial charge on any atom is -0.449 e. The highest BCUT2D eigenvalue weighted by Gasteiger charge is 2.16. The van der Waals surface area contributed by atoms with Crippen molar-refractivity contribution in [3.05, 3.63) is 85.9 Å². The third kappa shape index (κ3) is 5.42. The first-order valence-corrected chi connectivity index (χ1v) is 10.8. The number of nitrogens with zero attached hydrogens (tertiary/aromatic N) is 2. The summed E-state index contributed by atoms with van der Waals surface area (Å²) >= 11 is 2.00. The fourth-order valence-corrected chi connectivity index (χ4v) is 3.76. The van der Waals surface area contributed by atoms with Crippen molar-refractivity contribution in [1.29, 1.82) is 0 Å². The Morgan fingerprint density at radius 2 is 1.73 bits per heavy atom. The average molecular weight is 540 g/mol. The Balaban J connectivity index is 1.63. The van der Waals surface area contributed by atoms with Crippen LogP contribution in [0.4, 0.5) is 11.4 Å². The lowest BCUT2D eigenvalue weighted by atomic mass is 10.2. The van der Waals surface area contributed by atoms with Gasteiger partial charge in [-0.3, -0.25) is 19.6 Å². The number of carbonyl (C=O) groups is 1. The van der Waals surface area contributed by atoms with Crippen LogP contribution < -0.4 is 10.1 Å². The summed E-state index contributed by atoms with van der Waals surface area (Å²) in [6, 6.07) is 13.6. The predicted molar refractivity (Wildman–Crippen MR) is 117 cm³/mol. The van der Waals surface area contributed by atoms with E-state index in [1.807, 2.05) is 22.6 Å². The van der Waals surface area contributed by atoms with Crippen LogP contribution in [-0.2, 0) is 10.0 Å². The molecule has 0 spiro atoms. The molecule has 3 aromatic rings. The number of benzene rings is 2. The van der Waals surface area contributed by atoms with Crippen molar-refractivity contribution in [2.24, 2.45) is 5.10 Å². The van der Waals surface area contributed by atoms with Gasteiger partial charge in [-0.1, -0.05) is 0 Å². The number of sulfonamides is 1. The maximum Gasteiger partial charge on any atom is 0.271 e. The highest BCUT2D eigenvalue weighted by atomic mass is 127. The molecule has 1 aromatic heterocycles. The van der Waals surface area contributed by atoms with Gasteiger partial charge in [0.1, 0.15) is 5.76 Å². The van der Waals surface area contributed by atoms with Crippen molar-refractivity contribution in [3.8, 4) is 0 Å². The molecule has 1 amide bonds. The second-order valence-corrected chi connectivity index (χ2v) is 8.52. The van der Waals surface area contributed by atoms with E-state index in [9.17, 15) is 23.3 Å². The average Bonchev–Trinajstić information content (AvgIpc) is 3.13. The number of hydrogen-bond donors (Lipinski definition) is 2. The van der Waals surface area contributed by atoms with Crippen molar-refractivity contribution in [1.82, 2.24) is 5.43 Å². The Bertz CT molecular complexity index is 1200. The van der Waals surface area contributed by atoms with E-state index in [2.05, 4.69) is 15.2 Å². The molecule has 2 N–H and O–H groups in total. The monoisotopic (exact) mass is 540 g/mol. The van der Waals surface area contributed by atoms with E-state index in [0.717, 1.165) is 24.3 Å². The van der Waals surface area contributed by atoms with Crippen molar-refractivity contribution in [2.75, 3.05) is 4.72 Å². The molecule has 10 nitrogen and oxygen atoms in total. The van der Waals surface area contributed by atoms with Crippen LogP contribution >= 0.6 is 22.6 Å². The summed E-state index contributed by atoms with van der Waals surface area (Å²) in [5.41, 5.74) is 2.61. The van der Waals surface area contributed by atoms with Crippen LogP contribution in [0.5, 0.6) is 0 Å². The third-order valence-electron chi connectivity index (χ3n) is 3.71. The van der Waals surface area contributed by atoms with E-state index in [1.165, 1.54) is 30.5 Å². The van der Waals surface area contributed by atoms with Gasteiger partial charge >= 0.3 is 0 Å². The van der Waals surface area contributed by atoms with Gasteiger partial charge in [0.05, 0.1) is 16.0 Å². The number of anilines is 1. The van der Waals surface area contributed by atoms with E-state index in [4.69, 9.17) is 4.42 Å². The molecule has 2 aromatic carbocycles. The molecule has 0 aliphatic carbocycles. The zero-order valence-corrected chi connectivity index (χ0v) is 18.0. The Labute approximate surface area is 184 Å². The number of nitro benzene ring substituents is 1. The first kappa shape index (κ1) is 21.4. The van der Waals surface area contributed by atoms with Crippen LogP contribution in [0.25, 0.3) is 0 Å². The van der Waals surface area contributed by atoms with E-state index < -0.39 is 20.9 Å².